The molecule has 23 heavy (non-hydrogen) atoms. The molecule has 2 atom stereocenters. The van der Waals surface area contributed by atoms with E-state index in [1.165, 1.54) is 0 Å². The number of sulfone groups is 1. The van der Waals surface area contributed by atoms with E-state index in [1.807, 2.05) is 38.1 Å². The van der Waals surface area contributed by atoms with Crippen molar-refractivity contribution in [2.75, 3.05) is 18.1 Å². The van der Waals surface area contributed by atoms with E-state index in [0.717, 1.165) is 5.56 Å². The zero-order chi connectivity index (χ0) is 17.6. The number of rotatable bonds is 8. The van der Waals surface area contributed by atoms with E-state index in [2.05, 4.69) is 0 Å². The van der Waals surface area contributed by atoms with Crippen LogP contribution in [0.3, 0.4) is 0 Å². The van der Waals surface area contributed by atoms with Crippen molar-refractivity contribution < 1.29 is 17.9 Å². The Morgan fingerprint density at radius 2 is 1.74 bits per heavy atom. The van der Waals surface area contributed by atoms with Gasteiger partial charge in [-0.1, -0.05) is 24.6 Å². The van der Waals surface area contributed by atoms with Crippen LogP contribution in [0.4, 0.5) is 0 Å². The first-order chi connectivity index (χ1) is 10.7. The van der Waals surface area contributed by atoms with Crippen LogP contribution in [0.25, 0.3) is 0 Å². The summed E-state index contributed by atoms with van der Waals surface area (Å²) >= 11 is 0. The molecule has 130 valence electrons. The van der Waals surface area contributed by atoms with Crippen LogP contribution in [0, 0.1) is 6.92 Å². The first-order valence-corrected chi connectivity index (χ1v) is 9.76. The fourth-order valence-electron chi connectivity index (χ4n) is 2.36. The van der Waals surface area contributed by atoms with Crippen LogP contribution in [-0.2, 0) is 14.6 Å². The molecule has 0 fully saturated rings. The Labute approximate surface area is 139 Å². The van der Waals surface area contributed by atoms with E-state index < -0.39 is 15.9 Å². The zero-order valence-corrected chi connectivity index (χ0v) is 15.4. The van der Waals surface area contributed by atoms with Crippen LogP contribution in [0.15, 0.2) is 24.3 Å². The number of ether oxygens (including phenoxy) is 1. The summed E-state index contributed by atoms with van der Waals surface area (Å²) < 4.78 is 29.2. The van der Waals surface area contributed by atoms with Crippen molar-refractivity contribution in [3.8, 4) is 5.75 Å². The van der Waals surface area contributed by atoms with E-state index in [-0.39, 0.29) is 23.5 Å². The molecule has 1 aromatic carbocycles. The van der Waals surface area contributed by atoms with Gasteiger partial charge in [-0.3, -0.25) is 4.79 Å². The summed E-state index contributed by atoms with van der Waals surface area (Å²) in [6.07, 6.45) is -0.663. The molecule has 0 radical (unpaired) electrons. The number of aryl methyl sites for hydroxylation is 1. The first-order valence-electron chi connectivity index (χ1n) is 7.94. The Hall–Kier alpha value is -1.56. The number of hydrogen-bond donors (Lipinski definition) is 0. The zero-order valence-electron chi connectivity index (χ0n) is 14.6. The lowest BCUT2D eigenvalue weighted by molar-refractivity contribution is -0.139. The standard InChI is InChI=1S/C17H27NO4S/c1-6-18(14(4)12-23(20,21)7-2)17(19)15(5)22-16-10-8-13(3)9-11-16/h8-11,14-15H,6-7,12H2,1-5H3/t14-,15-/m0/s1. The second-order valence-corrected chi connectivity index (χ2v) is 8.14. The minimum Gasteiger partial charge on any atom is -0.481 e. The van der Waals surface area contributed by atoms with Crippen molar-refractivity contribution in [1.29, 1.82) is 0 Å². The summed E-state index contributed by atoms with van der Waals surface area (Å²) in [7, 11) is -3.13. The predicted molar refractivity (Wildman–Crippen MR) is 92.4 cm³/mol. The highest BCUT2D eigenvalue weighted by Crippen LogP contribution is 2.15. The SMILES string of the molecule is CCN(C(=O)[C@H](C)Oc1ccc(C)cc1)[C@@H](C)CS(=O)(=O)CC. The van der Waals surface area contributed by atoms with Crippen LogP contribution in [0.1, 0.15) is 33.3 Å². The molecule has 0 saturated heterocycles. The largest absolute Gasteiger partial charge is 0.481 e. The van der Waals surface area contributed by atoms with Gasteiger partial charge >= 0.3 is 0 Å². The molecule has 0 spiro atoms. The maximum Gasteiger partial charge on any atom is 0.263 e. The van der Waals surface area contributed by atoms with Gasteiger partial charge in [0.1, 0.15) is 5.75 Å². The topological polar surface area (TPSA) is 63.7 Å². The minimum atomic E-state index is -3.13. The average molecular weight is 341 g/mol. The van der Waals surface area contributed by atoms with Gasteiger partial charge in [0.05, 0.1) is 5.75 Å². The molecule has 0 aliphatic carbocycles. The van der Waals surface area contributed by atoms with Gasteiger partial charge in [-0.25, -0.2) is 8.42 Å². The molecule has 0 heterocycles. The highest BCUT2D eigenvalue weighted by atomic mass is 32.2. The fourth-order valence-corrected chi connectivity index (χ4v) is 3.52. The van der Waals surface area contributed by atoms with Crippen LogP contribution >= 0.6 is 0 Å². The third kappa shape index (κ3) is 5.86. The van der Waals surface area contributed by atoms with Gasteiger partial charge < -0.3 is 9.64 Å². The molecule has 0 bridgehead atoms. The van der Waals surface area contributed by atoms with Gasteiger partial charge in [0, 0.05) is 18.3 Å². The number of amides is 1. The minimum absolute atomic E-state index is 0.0274. The molecule has 1 amide bonds. The van der Waals surface area contributed by atoms with Crippen LogP contribution in [0.2, 0.25) is 0 Å². The maximum atomic E-state index is 12.6. The van der Waals surface area contributed by atoms with Gasteiger partial charge in [0.15, 0.2) is 15.9 Å². The van der Waals surface area contributed by atoms with Crippen molar-refractivity contribution in [1.82, 2.24) is 4.90 Å². The fraction of sp³-hybridized carbons (Fsp3) is 0.588. The molecule has 0 unspecified atom stereocenters. The molecule has 0 aliphatic heterocycles. The summed E-state index contributed by atoms with van der Waals surface area (Å²) in [4.78, 5) is 14.1. The number of benzene rings is 1. The van der Waals surface area contributed by atoms with Crippen molar-refractivity contribution in [3.63, 3.8) is 0 Å². The molecule has 0 N–H and O–H groups in total. The highest BCUT2D eigenvalue weighted by Gasteiger charge is 2.27. The van der Waals surface area contributed by atoms with Gasteiger partial charge in [-0.15, -0.1) is 0 Å². The molecule has 0 aliphatic rings. The molecule has 1 rings (SSSR count). The lowest BCUT2D eigenvalue weighted by Crippen LogP contribution is -2.47. The Balaban J connectivity index is 2.76. The van der Waals surface area contributed by atoms with E-state index in [4.69, 9.17) is 4.74 Å². The van der Waals surface area contributed by atoms with Crippen molar-refractivity contribution in [2.45, 2.75) is 46.8 Å². The summed E-state index contributed by atoms with van der Waals surface area (Å²) in [5.74, 6) is 0.479. The smallest absolute Gasteiger partial charge is 0.263 e. The van der Waals surface area contributed by atoms with Crippen LogP contribution in [0.5, 0.6) is 5.75 Å². The molecule has 0 saturated carbocycles. The van der Waals surface area contributed by atoms with Gasteiger partial charge in [0.25, 0.3) is 5.91 Å². The third-order valence-corrected chi connectivity index (χ3v) is 5.64. The quantitative estimate of drug-likeness (QED) is 0.728. The monoisotopic (exact) mass is 341 g/mol. The summed E-state index contributed by atoms with van der Waals surface area (Å²) in [6, 6.07) is 7.10. The van der Waals surface area contributed by atoms with Crippen molar-refractivity contribution in [2.24, 2.45) is 0 Å². The number of carbonyl (C=O) groups is 1. The second-order valence-electron chi connectivity index (χ2n) is 5.75. The summed E-state index contributed by atoms with van der Waals surface area (Å²) in [5.41, 5.74) is 1.12. The molecule has 1 aromatic rings. The summed E-state index contributed by atoms with van der Waals surface area (Å²) in [6.45, 7) is 9.32. The van der Waals surface area contributed by atoms with Gasteiger partial charge in [-0.05, 0) is 39.8 Å². The Kier molecular flexibility index (Phi) is 7.06. The maximum absolute atomic E-state index is 12.6. The first kappa shape index (κ1) is 19.5. The molecule has 5 nitrogen and oxygen atoms in total. The second kappa shape index (κ2) is 8.34. The van der Waals surface area contributed by atoms with Crippen LogP contribution < -0.4 is 4.74 Å². The molecule has 0 aromatic heterocycles. The van der Waals surface area contributed by atoms with Gasteiger partial charge in [0.2, 0.25) is 0 Å². The van der Waals surface area contributed by atoms with E-state index >= 15 is 0 Å². The third-order valence-electron chi connectivity index (χ3n) is 3.77. The van der Waals surface area contributed by atoms with Crippen molar-refractivity contribution in [3.05, 3.63) is 29.8 Å². The van der Waals surface area contributed by atoms with E-state index in [1.54, 1.807) is 25.7 Å². The Bertz CT molecular complexity index is 610. The summed E-state index contributed by atoms with van der Waals surface area (Å²) in [5, 5.41) is 0. The number of likely N-dealkylation sites (N-methyl/N-ethyl adjacent to an activating group) is 1. The lowest BCUT2D eigenvalue weighted by atomic mass is 10.2. The number of carbonyl (C=O) groups excluding carboxylic acids is 1. The molecular formula is C17H27NO4S. The average Bonchev–Trinajstić information content (AvgIpc) is 2.49. The molecular weight excluding hydrogens is 314 g/mol. The highest BCUT2D eigenvalue weighted by molar-refractivity contribution is 7.91. The Morgan fingerprint density at radius 3 is 2.22 bits per heavy atom. The van der Waals surface area contributed by atoms with Crippen LogP contribution in [-0.4, -0.2) is 49.4 Å². The Morgan fingerprint density at radius 1 is 1.17 bits per heavy atom. The molecule has 6 heteroatoms. The normalized spacial score (nSPS) is 14.1. The number of nitrogens with zero attached hydrogens (tertiary/aromatic N) is 1. The van der Waals surface area contributed by atoms with E-state index in [0.29, 0.717) is 12.3 Å². The lowest BCUT2D eigenvalue weighted by Gasteiger charge is -2.30. The van der Waals surface area contributed by atoms with E-state index in [9.17, 15) is 13.2 Å². The number of hydrogen-bond acceptors (Lipinski definition) is 4. The van der Waals surface area contributed by atoms with Gasteiger partial charge in [-0.2, -0.15) is 0 Å². The predicted octanol–water partition coefficient (Wildman–Crippen LogP) is 2.43. The van der Waals surface area contributed by atoms with Crippen molar-refractivity contribution >= 4 is 15.7 Å².